The van der Waals surface area contributed by atoms with E-state index in [0.717, 1.165) is 12.1 Å². The highest BCUT2D eigenvalue weighted by atomic mass is 32.2. The van der Waals surface area contributed by atoms with Crippen LogP contribution in [0.15, 0.2) is 30.3 Å². The predicted molar refractivity (Wildman–Crippen MR) is 63.9 cm³/mol. The fraction of sp³-hybridized carbons (Fsp3) is 0.364. The molecule has 2 unspecified atom stereocenters. The van der Waals surface area contributed by atoms with Crippen molar-refractivity contribution in [3.63, 3.8) is 0 Å². The third kappa shape index (κ3) is 2.91. The number of carbonyl (C=O) groups is 1. The summed E-state index contributed by atoms with van der Waals surface area (Å²) in [5.41, 5.74) is 0.806. The average molecular weight is 253 g/mol. The van der Waals surface area contributed by atoms with Crippen molar-refractivity contribution in [1.82, 2.24) is 4.72 Å². The van der Waals surface area contributed by atoms with Crippen LogP contribution in [-0.2, 0) is 16.1 Å². The largest absolute Gasteiger partial charge is 0.760 e. The zero-order valence-electron chi connectivity index (χ0n) is 9.17. The second kappa shape index (κ2) is 5.39. The number of anilines is 1. The van der Waals surface area contributed by atoms with Gasteiger partial charge in [-0.3, -0.25) is 9.00 Å². The summed E-state index contributed by atoms with van der Waals surface area (Å²) in [7, 11) is 0. The molecular weight excluding hydrogens is 240 g/mol. The first-order valence-electron chi connectivity index (χ1n) is 5.40. The van der Waals surface area contributed by atoms with E-state index >= 15 is 0 Å². The van der Waals surface area contributed by atoms with Crippen LogP contribution < -0.4 is 9.62 Å². The van der Waals surface area contributed by atoms with E-state index in [1.54, 1.807) is 4.90 Å². The Bertz CT molecular complexity index is 424. The summed E-state index contributed by atoms with van der Waals surface area (Å²) in [6.45, 7) is 0.631. The van der Waals surface area contributed by atoms with Crippen LogP contribution in [0.25, 0.3) is 0 Å². The van der Waals surface area contributed by atoms with Crippen LogP contribution in [0.2, 0.25) is 0 Å². The van der Waals surface area contributed by atoms with Gasteiger partial charge in [-0.05, 0) is 25.0 Å². The summed E-state index contributed by atoms with van der Waals surface area (Å²) in [4.78, 5) is 13.7. The van der Waals surface area contributed by atoms with E-state index in [0.29, 0.717) is 13.0 Å². The number of hydrogen-bond donors (Lipinski definition) is 1. The summed E-state index contributed by atoms with van der Waals surface area (Å²) in [6.07, 6.45) is 1.34. The molecule has 92 valence electrons. The minimum absolute atomic E-state index is 0.188. The van der Waals surface area contributed by atoms with Gasteiger partial charge in [0, 0.05) is 23.5 Å². The van der Waals surface area contributed by atoms with Gasteiger partial charge in [0.2, 0.25) is 5.91 Å². The monoisotopic (exact) mass is 253 g/mol. The lowest BCUT2D eigenvalue weighted by Crippen LogP contribution is -2.51. The van der Waals surface area contributed by atoms with Crippen LogP contribution in [0.1, 0.15) is 12.8 Å². The summed E-state index contributed by atoms with van der Waals surface area (Å²) in [5.74, 6) is -0.188. The standard InChI is InChI=1S/C11H14N2O3S/c14-11-10(12-17(15)16)7-4-8-13(11)9-5-2-1-3-6-9/h1-3,5-6,10,12H,4,7-8H2,(H,15,16)/p-1. The van der Waals surface area contributed by atoms with Gasteiger partial charge < -0.3 is 9.45 Å². The molecule has 2 atom stereocenters. The first-order chi connectivity index (χ1) is 8.18. The second-order valence-corrected chi connectivity index (χ2v) is 4.58. The molecule has 17 heavy (non-hydrogen) atoms. The van der Waals surface area contributed by atoms with Crippen LogP contribution in [0.3, 0.4) is 0 Å². The Morgan fingerprint density at radius 3 is 2.71 bits per heavy atom. The summed E-state index contributed by atoms with van der Waals surface area (Å²) in [6, 6.07) is 8.63. The Morgan fingerprint density at radius 2 is 2.06 bits per heavy atom. The summed E-state index contributed by atoms with van der Waals surface area (Å²) in [5, 5.41) is 0. The highest BCUT2D eigenvalue weighted by Gasteiger charge is 2.29. The summed E-state index contributed by atoms with van der Waals surface area (Å²) >= 11 is -2.40. The molecule has 0 aliphatic carbocycles. The first-order valence-corrected chi connectivity index (χ1v) is 6.48. The maximum atomic E-state index is 12.1. The van der Waals surface area contributed by atoms with Crippen LogP contribution >= 0.6 is 0 Å². The molecule has 5 nitrogen and oxygen atoms in total. The number of hydrogen-bond acceptors (Lipinski definition) is 3. The van der Waals surface area contributed by atoms with Crippen molar-refractivity contribution in [1.29, 1.82) is 0 Å². The molecule has 1 aliphatic heterocycles. The normalized spacial score (nSPS) is 22.5. The Kier molecular flexibility index (Phi) is 3.88. The Morgan fingerprint density at radius 1 is 1.35 bits per heavy atom. The second-order valence-electron chi connectivity index (χ2n) is 3.87. The Labute approximate surface area is 102 Å². The van der Waals surface area contributed by atoms with Crippen molar-refractivity contribution in [2.24, 2.45) is 0 Å². The van der Waals surface area contributed by atoms with Crippen molar-refractivity contribution >= 4 is 22.9 Å². The van der Waals surface area contributed by atoms with Crippen molar-refractivity contribution in [2.45, 2.75) is 18.9 Å². The molecule has 1 saturated heterocycles. The summed E-state index contributed by atoms with van der Waals surface area (Å²) < 4.78 is 23.4. The van der Waals surface area contributed by atoms with Gasteiger partial charge in [-0.2, -0.15) is 0 Å². The molecule has 6 heteroatoms. The molecule has 1 heterocycles. The molecule has 0 spiro atoms. The van der Waals surface area contributed by atoms with Gasteiger partial charge in [-0.15, -0.1) is 0 Å². The molecule has 0 radical (unpaired) electrons. The lowest BCUT2D eigenvalue weighted by Gasteiger charge is -2.33. The third-order valence-electron chi connectivity index (χ3n) is 2.74. The zero-order chi connectivity index (χ0) is 12.3. The molecule has 0 saturated carbocycles. The molecular formula is C11H13N2O3S-. The van der Waals surface area contributed by atoms with E-state index in [2.05, 4.69) is 4.72 Å². The number of amides is 1. The van der Waals surface area contributed by atoms with Crippen molar-refractivity contribution < 1.29 is 13.6 Å². The van der Waals surface area contributed by atoms with Gasteiger partial charge in [-0.25, -0.2) is 4.72 Å². The fourth-order valence-electron chi connectivity index (χ4n) is 1.97. The van der Waals surface area contributed by atoms with Gasteiger partial charge in [0.15, 0.2) is 0 Å². The van der Waals surface area contributed by atoms with Crippen LogP contribution in [0, 0.1) is 0 Å². The van der Waals surface area contributed by atoms with Crippen molar-refractivity contribution in [3.05, 3.63) is 30.3 Å². The maximum absolute atomic E-state index is 12.1. The molecule has 1 fully saturated rings. The van der Waals surface area contributed by atoms with E-state index in [1.807, 2.05) is 30.3 Å². The van der Waals surface area contributed by atoms with Gasteiger partial charge in [-0.1, -0.05) is 18.2 Å². The van der Waals surface area contributed by atoms with Gasteiger partial charge >= 0.3 is 0 Å². The highest BCUT2D eigenvalue weighted by Crippen LogP contribution is 2.20. The third-order valence-corrected chi connectivity index (χ3v) is 3.22. The minimum atomic E-state index is -2.40. The van der Waals surface area contributed by atoms with E-state index in [1.165, 1.54) is 0 Å². The number of benzene rings is 1. The molecule has 1 aliphatic rings. The molecule has 1 N–H and O–H groups in total. The topological polar surface area (TPSA) is 72.5 Å². The lowest BCUT2D eigenvalue weighted by atomic mass is 10.0. The average Bonchev–Trinajstić information content (AvgIpc) is 2.32. The molecule has 2 rings (SSSR count). The number of nitrogens with one attached hydrogen (secondary N) is 1. The predicted octanol–water partition coefficient (Wildman–Crippen LogP) is 0.566. The quantitative estimate of drug-likeness (QED) is 0.800. The van der Waals surface area contributed by atoms with E-state index in [-0.39, 0.29) is 5.91 Å². The number of piperidine rings is 1. The zero-order valence-corrected chi connectivity index (χ0v) is 9.98. The van der Waals surface area contributed by atoms with Crippen molar-refractivity contribution in [3.8, 4) is 0 Å². The minimum Gasteiger partial charge on any atom is -0.760 e. The van der Waals surface area contributed by atoms with Gasteiger partial charge in [0.25, 0.3) is 0 Å². The fourth-order valence-corrected chi connectivity index (χ4v) is 2.42. The molecule has 0 aromatic heterocycles. The van der Waals surface area contributed by atoms with Crippen LogP contribution in [0.5, 0.6) is 0 Å². The smallest absolute Gasteiger partial charge is 0.245 e. The Hall–Kier alpha value is -1.24. The number of para-hydroxylation sites is 1. The molecule has 1 aromatic carbocycles. The van der Waals surface area contributed by atoms with Crippen LogP contribution in [0.4, 0.5) is 5.69 Å². The van der Waals surface area contributed by atoms with Crippen LogP contribution in [-0.4, -0.2) is 27.3 Å². The first kappa shape index (κ1) is 12.2. The van der Waals surface area contributed by atoms with E-state index < -0.39 is 17.3 Å². The number of rotatable bonds is 3. The highest BCUT2D eigenvalue weighted by molar-refractivity contribution is 7.77. The molecule has 1 amide bonds. The van der Waals surface area contributed by atoms with E-state index in [9.17, 15) is 13.6 Å². The lowest BCUT2D eigenvalue weighted by molar-refractivity contribution is -0.121. The van der Waals surface area contributed by atoms with Gasteiger partial charge in [0.1, 0.15) is 0 Å². The number of nitrogens with zero attached hydrogens (tertiary/aromatic N) is 1. The number of carbonyl (C=O) groups excluding carboxylic acids is 1. The molecule has 1 aromatic rings. The van der Waals surface area contributed by atoms with E-state index in [4.69, 9.17) is 0 Å². The van der Waals surface area contributed by atoms with Crippen molar-refractivity contribution in [2.75, 3.05) is 11.4 Å². The molecule has 0 bridgehead atoms. The maximum Gasteiger partial charge on any atom is 0.245 e. The Balaban J connectivity index is 2.14. The van der Waals surface area contributed by atoms with Gasteiger partial charge in [0.05, 0.1) is 6.04 Å². The SMILES string of the molecule is O=C1C(NS(=O)[O-])CCCN1c1ccccc1.